The molecule has 0 bridgehead atoms. The van der Waals surface area contributed by atoms with E-state index in [2.05, 4.69) is 155 Å². The molecular weight excluding hydrogens is 601 g/mol. The maximum Gasteiger partial charge on any atom is 0.246 e. The van der Waals surface area contributed by atoms with Crippen molar-refractivity contribution in [3.8, 4) is 22.6 Å². The Labute approximate surface area is 279 Å². The van der Waals surface area contributed by atoms with Crippen LogP contribution < -0.4 is 0 Å². The van der Waals surface area contributed by atoms with Gasteiger partial charge in [-0.25, -0.2) is 9.97 Å². The van der Waals surface area contributed by atoms with Gasteiger partial charge >= 0.3 is 0 Å². The minimum Gasteiger partial charge on any atom is -0.436 e. The predicted octanol–water partition coefficient (Wildman–Crippen LogP) is 11.4. The minimum absolute atomic E-state index is 0.541. The first-order chi connectivity index (χ1) is 24.3. The Morgan fingerprint density at radius 3 is 1.98 bits per heavy atom. The monoisotopic (exact) mass is 626 g/mol. The normalized spacial score (nSPS) is 12.1. The van der Waals surface area contributed by atoms with Crippen molar-refractivity contribution in [3.05, 3.63) is 158 Å². The van der Waals surface area contributed by atoms with Crippen LogP contribution in [0.2, 0.25) is 0 Å². The third kappa shape index (κ3) is 3.75. The van der Waals surface area contributed by atoms with E-state index < -0.39 is 0 Å². The number of hydrogen-bond donors (Lipinski definition) is 0. The summed E-state index contributed by atoms with van der Waals surface area (Å²) in [6.07, 6.45) is 1.83. The van der Waals surface area contributed by atoms with Crippen LogP contribution in [0.5, 0.6) is 0 Å². The van der Waals surface area contributed by atoms with Crippen LogP contribution in [0.15, 0.2) is 162 Å². The molecule has 0 saturated heterocycles. The summed E-state index contributed by atoms with van der Waals surface area (Å²) in [5.41, 5.74) is 10.1. The molecule has 0 saturated carbocycles. The number of furan rings is 1. The van der Waals surface area contributed by atoms with Gasteiger partial charge in [-0.2, -0.15) is 0 Å². The average molecular weight is 627 g/mol. The second-order valence-electron chi connectivity index (χ2n) is 12.6. The van der Waals surface area contributed by atoms with E-state index in [0.29, 0.717) is 5.71 Å². The zero-order chi connectivity index (χ0) is 32.1. The molecule has 11 rings (SSSR count). The van der Waals surface area contributed by atoms with E-state index in [4.69, 9.17) is 14.4 Å². The summed E-state index contributed by atoms with van der Waals surface area (Å²) >= 11 is 0. The fourth-order valence-electron chi connectivity index (χ4n) is 7.80. The van der Waals surface area contributed by atoms with Crippen molar-refractivity contribution >= 4 is 76.6 Å². The van der Waals surface area contributed by atoms with Crippen molar-refractivity contribution < 1.29 is 4.42 Å². The average Bonchev–Trinajstić information content (AvgIpc) is 3.82. The second kappa shape index (κ2) is 9.89. The first-order valence-corrected chi connectivity index (χ1v) is 16.5. The summed E-state index contributed by atoms with van der Waals surface area (Å²) in [7, 11) is 0. The number of nitrogens with zero attached hydrogens (tertiary/aromatic N) is 4. The maximum absolute atomic E-state index is 6.20. The molecule has 0 fully saturated rings. The molecule has 5 heteroatoms. The van der Waals surface area contributed by atoms with Crippen LogP contribution >= 0.6 is 0 Å². The van der Waals surface area contributed by atoms with Crippen LogP contribution in [-0.4, -0.2) is 19.1 Å². The van der Waals surface area contributed by atoms with Gasteiger partial charge in [0.1, 0.15) is 11.1 Å². The van der Waals surface area contributed by atoms with Gasteiger partial charge in [0, 0.05) is 27.2 Å². The Morgan fingerprint density at radius 1 is 0.469 bits per heavy atom. The largest absolute Gasteiger partial charge is 0.436 e. The summed E-state index contributed by atoms with van der Waals surface area (Å²) in [6.45, 7) is 0. The van der Waals surface area contributed by atoms with Crippen LogP contribution in [0, 0.1) is 0 Å². The number of para-hydroxylation sites is 3. The van der Waals surface area contributed by atoms with Crippen LogP contribution in [0.4, 0.5) is 0 Å². The zero-order valence-electron chi connectivity index (χ0n) is 26.2. The van der Waals surface area contributed by atoms with E-state index in [-0.39, 0.29) is 0 Å². The van der Waals surface area contributed by atoms with Gasteiger partial charge in [0.25, 0.3) is 0 Å². The van der Waals surface area contributed by atoms with Crippen molar-refractivity contribution in [2.75, 3.05) is 0 Å². The summed E-state index contributed by atoms with van der Waals surface area (Å²) in [4.78, 5) is 10.1. The molecule has 0 atom stereocenters. The number of aromatic nitrogens is 4. The van der Waals surface area contributed by atoms with Crippen molar-refractivity contribution in [2.24, 2.45) is 0 Å². The highest BCUT2D eigenvalue weighted by Crippen LogP contribution is 2.39. The lowest BCUT2D eigenvalue weighted by Gasteiger charge is -2.09. The second-order valence-corrected chi connectivity index (χ2v) is 12.6. The quantitative estimate of drug-likeness (QED) is 0.196. The van der Waals surface area contributed by atoms with Crippen LogP contribution in [0.25, 0.3) is 99.2 Å². The van der Waals surface area contributed by atoms with Crippen molar-refractivity contribution in [2.45, 2.75) is 0 Å². The number of benzene rings is 7. The first-order valence-electron chi connectivity index (χ1n) is 16.5. The number of hydrogen-bond acceptors (Lipinski definition) is 3. The van der Waals surface area contributed by atoms with Gasteiger partial charge < -0.3 is 8.98 Å². The van der Waals surface area contributed by atoms with E-state index in [1.54, 1.807) is 0 Å². The summed E-state index contributed by atoms with van der Waals surface area (Å²) in [6, 6.07) is 53.9. The van der Waals surface area contributed by atoms with E-state index in [1.807, 2.05) is 12.3 Å². The predicted molar refractivity (Wildman–Crippen MR) is 201 cm³/mol. The van der Waals surface area contributed by atoms with Crippen molar-refractivity contribution in [1.29, 1.82) is 0 Å². The van der Waals surface area contributed by atoms with Gasteiger partial charge in [-0.3, -0.25) is 4.57 Å². The molecule has 0 N–H and O–H groups in total. The van der Waals surface area contributed by atoms with Crippen LogP contribution in [0.1, 0.15) is 0 Å². The standard InChI is InChI=1S/C44H26N4O/c1-2-11-30(12-3-1)47-36-16-8-7-15-33(36)35-24-28(19-22-38(35)47)29-18-21-34-32-14-6-9-17-37(32)48(39(34)25-29)41-26-45-44-43(46-41)42-31-13-5-4-10-27(31)20-23-40(42)49-44/h1-26H. The molecule has 0 aliphatic heterocycles. The third-order valence-corrected chi connectivity index (χ3v) is 9.98. The molecule has 49 heavy (non-hydrogen) atoms. The van der Waals surface area contributed by atoms with Gasteiger partial charge in [0.15, 0.2) is 5.82 Å². The highest BCUT2D eigenvalue weighted by atomic mass is 16.3. The Kier molecular flexibility index (Phi) is 5.32. The van der Waals surface area contributed by atoms with Gasteiger partial charge in [0.05, 0.1) is 33.6 Å². The minimum atomic E-state index is 0.541. The highest BCUT2D eigenvalue weighted by Gasteiger charge is 2.19. The fraction of sp³-hybridized carbons (Fsp3) is 0. The van der Waals surface area contributed by atoms with E-state index in [9.17, 15) is 0 Å². The molecule has 7 aromatic carbocycles. The van der Waals surface area contributed by atoms with E-state index >= 15 is 0 Å². The lowest BCUT2D eigenvalue weighted by molar-refractivity contribution is 0.652. The molecule has 0 amide bonds. The molecule has 4 heterocycles. The molecular formula is C44H26N4O. The number of fused-ring (bicyclic) bond motifs is 11. The molecule has 0 radical (unpaired) electrons. The summed E-state index contributed by atoms with van der Waals surface area (Å²) in [5.74, 6) is 0.757. The van der Waals surface area contributed by atoms with Crippen molar-refractivity contribution in [3.63, 3.8) is 0 Å². The third-order valence-electron chi connectivity index (χ3n) is 9.98. The molecule has 4 aromatic heterocycles. The lowest BCUT2D eigenvalue weighted by Crippen LogP contribution is -1.98. The highest BCUT2D eigenvalue weighted by molar-refractivity contribution is 6.17. The number of rotatable bonds is 3. The van der Waals surface area contributed by atoms with Gasteiger partial charge in [-0.15, -0.1) is 0 Å². The molecule has 0 unspecified atom stereocenters. The maximum atomic E-state index is 6.20. The molecule has 228 valence electrons. The molecule has 0 spiro atoms. The van der Waals surface area contributed by atoms with Crippen LogP contribution in [0.3, 0.4) is 0 Å². The van der Waals surface area contributed by atoms with Gasteiger partial charge in [-0.05, 0) is 70.4 Å². The molecule has 11 aromatic rings. The smallest absolute Gasteiger partial charge is 0.246 e. The Balaban J connectivity index is 1.15. The van der Waals surface area contributed by atoms with Gasteiger partial charge in [-0.1, -0.05) is 103 Å². The summed E-state index contributed by atoms with van der Waals surface area (Å²) in [5, 5.41) is 8.07. The zero-order valence-corrected chi connectivity index (χ0v) is 26.2. The fourth-order valence-corrected chi connectivity index (χ4v) is 7.80. The molecule has 0 aliphatic carbocycles. The molecule has 0 aliphatic rings. The van der Waals surface area contributed by atoms with Gasteiger partial charge in [0.2, 0.25) is 5.71 Å². The van der Waals surface area contributed by atoms with E-state index in [1.165, 1.54) is 32.6 Å². The Morgan fingerprint density at radius 2 is 1.12 bits per heavy atom. The summed E-state index contributed by atoms with van der Waals surface area (Å²) < 4.78 is 10.8. The SMILES string of the molecule is c1ccc(-n2c3ccccc3c3cc(-c4ccc5c6ccccc6n(-c6cnc7oc8ccc9ccccc9c8c7n6)c5c4)ccc32)cc1. The first kappa shape index (κ1) is 26.4. The van der Waals surface area contributed by atoms with Crippen molar-refractivity contribution in [1.82, 2.24) is 19.1 Å². The van der Waals surface area contributed by atoms with E-state index in [0.717, 1.165) is 60.9 Å². The molecule has 5 nitrogen and oxygen atoms in total. The topological polar surface area (TPSA) is 48.8 Å². The lowest BCUT2D eigenvalue weighted by atomic mass is 10.0. The van der Waals surface area contributed by atoms with Crippen LogP contribution in [-0.2, 0) is 0 Å². The Hall–Kier alpha value is -6.72. The Bertz CT molecular complexity index is 3110.